The van der Waals surface area contributed by atoms with Crippen LogP contribution in [0.4, 0.5) is 29.3 Å². The van der Waals surface area contributed by atoms with Crippen LogP contribution >= 0.6 is 0 Å². The Morgan fingerprint density at radius 2 is 1.65 bits per heavy atom. The molecule has 0 saturated heterocycles. The number of benzene rings is 1. The molecule has 0 fully saturated rings. The van der Waals surface area contributed by atoms with E-state index in [-0.39, 0.29) is 5.69 Å². The normalized spacial score (nSPS) is 10.9. The molecule has 104 valence electrons. The topological polar surface area (TPSA) is 54.0 Å². The number of anilines is 2. The highest BCUT2D eigenvalue weighted by Crippen LogP contribution is 2.34. The quantitative estimate of drug-likeness (QED) is 0.881. The Labute approximate surface area is 112 Å². The van der Waals surface area contributed by atoms with Crippen LogP contribution in [0.1, 0.15) is 5.56 Å². The van der Waals surface area contributed by atoms with Crippen molar-refractivity contribution in [3.63, 3.8) is 0 Å². The van der Waals surface area contributed by atoms with E-state index in [1.807, 2.05) is 0 Å². The summed E-state index contributed by atoms with van der Waals surface area (Å²) in [4.78, 5) is 15.4. The summed E-state index contributed by atoms with van der Waals surface area (Å²) in [7, 11) is 0. The first-order valence-electron chi connectivity index (χ1n) is 5.61. The van der Waals surface area contributed by atoms with Crippen molar-refractivity contribution in [2.45, 2.75) is 6.18 Å². The molecule has 2 amide bonds. The summed E-state index contributed by atoms with van der Waals surface area (Å²) in [5.74, 6) is 0. The zero-order valence-electron chi connectivity index (χ0n) is 10.1. The number of aromatic nitrogens is 1. The monoisotopic (exact) mass is 281 g/mol. The molecular formula is C13H10F3N3O. The highest BCUT2D eigenvalue weighted by atomic mass is 19.4. The van der Waals surface area contributed by atoms with Crippen molar-refractivity contribution in [1.82, 2.24) is 4.98 Å². The zero-order chi connectivity index (χ0) is 14.6. The smallest absolute Gasteiger partial charge is 0.308 e. The first-order chi connectivity index (χ1) is 9.47. The van der Waals surface area contributed by atoms with Crippen LogP contribution in [0.25, 0.3) is 0 Å². The van der Waals surface area contributed by atoms with E-state index in [0.29, 0.717) is 5.69 Å². The Bertz CT molecular complexity index is 599. The molecule has 0 aliphatic carbocycles. The van der Waals surface area contributed by atoms with Crippen LogP contribution in [0.2, 0.25) is 0 Å². The summed E-state index contributed by atoms with van der Waals surface area (Å²) < 4.78 is 38.2. The Hall–Kier alpha value is -2.57. The van der Waals surface area contributed by atoms with Gasteiger partial charge in [0.1, 0.15) is 0 Å². The van der Waals surface area contributed by atoms with Crippen LogP contribution in [0.3, 0.4) is 0 Å². The number of rotatable bonds is 2. The zero-order valence-corrected chi connectivity index (χ0v) is 10.1. The number of pyridine rings is 1. The van der Waals surface area contributed by atoms with E-state index in [9.17, 15) is 18.0 Å². The third-order valence-electron chi connectivity index (χ3n) is 2.42. The fourth-order valence-corrected chi connectivity index (χ4v) is 1.56. The van der Waals surface area contributed by atoms with Crippen LogP contribution in [-0.2, 0) is 6.18 Å². The van der Waals surface area contributed by atoms with Gasteiger partial charge in [0.2, 0.25) is 0 Å². The van der Waals surface area contributed by atoms with E-state index >= 15 is 0 Å². The second-order valence-electron chi connectivity index (χ2n) is 3.86. The van der Waals surface area contributed by atoms with Gasteiger partial charge in [0.15, 0.2) is 0 Å². The minimum atomic E-state index is -4.53. The molecule has 0 aliphatic rings. The lowest BCUT2D eigenvalue weighted by Gasteiger charge is -2.13. The van der Waals surface area contributed by atoms with Gasteiger partial charge in [-0.1, -0.05) is 12.1 Å². The standard InChI is InChI=1S/C13H10F3N3O/c14-13(15,16)10-3-1-2-4-11(10)19-12(20)18-9-5-7-17-8-6-9/h1-8H,(H2,17,18,19,20). The number of halogens is 3. The lowest BCUT2D eigenvalue weighted by Crippen LogP contribution is -2.21. The highest BCUT2D eigenvalue weighted by Gasteiger charge is 2.33. The van der Waals surface area contributed by atoms with Crippen LogP contribution in [0.5, 0.6) is 0 Å². The number of para-hydroxylation sites is 1. The maximum absolute atomic E-state index is 12.7. The van der Waals surface area contributed by atoms with Crippen molar-refractivity contribution in [2.24, 2.45) is 0 Å². The minimum absolute atomic E-state index is 0.299. The number of alkyl halides is 3. The number of hydrogen-bond donors (Lipinski definition) is 2. The second-order valence-corrected chi connectivity index (χ2v) is 3.86. The Morgan fingerprint density at radius 1 is 1.00 bits per heavy atom. The molecular weight excluding hydrogens is 271 g/mol. The molecule has 2 rings (SSSR count). The maximum atomic E-state index is 12.7. The lowest BCUT2D eigenvalue weighted by atomic mass is 10.1. The van der Waals surface area contributed by atoms with Gasteiger partial charge >= 0.3 is 12.2 Å². The van der Waals surface area contributed by atoms with Gasteiger partial charge < -0.3 is 10.6 Å². The van der Waals surface area contributed by atoms with Gasteiger partial charge in [-0.15, -0.1) is 0 Å². The molecule has 7 heteroatoms. The van der Waals surface area contributed by atoms with E-state index in [4.69, 9.17) is 0 Å². The number of hydrogen-bond acceptors (Lipinski definition) is 2. The third kappa shape index (κ3) is 3.47. The number of nitrogens with zero attached hydrogens (tertiary/aromatic N) is 1. The highest BCUT2D eigenvalue weighted by molar-refractivity contribution is 6.00. The van der Waals surface area contributed by atoms with Crippen LogP contribution in [-0.4, -0.2) is 11.0 Å². The minimum Gasteiger partial charge on any atom is -0.308 e. The molecule has 0 saturated carbocycles. The summed E-state index contributed by atoms with van der Waals surface area (Å²) in [6, 6.07) is 7.06. The SMILES string of the molecule is O=C(Nc1ccncc1)Nc1ccccc1C(F)(F)F. The van der Waals surface area contributed by atoms with Crippen LogP contribution < -0.4 is 10.6 Å². The van der Waals surface area contributed by atoms with E-state index in [2.05, 4.69) is 15.6 Å². The lowest BCUT2D eigenvalue weighted by molar-refractivity contribution is -0.136. The number of nitrogens with one attached hydrogen (secondary N) is 2. The Kier molecular flexibility index (Phi) is 3.88. The predicted octanol–water partition coefficient (Wildman–Crippen LogP) is 3.74. The van der Waals surface area contributed by atoms with Gasteiger partial charge in [0.25, 0.3) is 0 Å². The largest absolute Gasteiger partial charge is 0.418 e. The summed E-state index contributed by atoms with van der Waals surface area (Å²) in [6.07, 6.45) is -1.61. The molecule has 0 unspecified atom stereocenters. The molecule has 0 bridgehead atoms. The van der Waals surface area contributed by atoms with Gasteiger partial charge in [-0.25, -0.2) is 4.79 Å². The molecule has 2 N–H and O–H groups in total. The number of amides is 2. The molecule has 0 atom stereocenters. The van der Waals surface area contributed by atoms with Gasteiger partial charge in [-0.05, 0) is 24.3 Å². The summed E-state index contributed by atoms with van der Waals surface area (Å²) in [6.45, 7) is 0. The Balaban J connectivity index is 2.13. The average Bonchev–Trinajstić information content (AvgIpc) is 2.39. The van der Waals surface area contributed by atoms with Crippen LogP contribution in [0.15, 0.2) is 48.8 Å². The first-order valence-corrected chi connectivity index (χ1v) is 5.61. The summed E-state index contributed by atoms with van der Waals surface area (Å²) in [5.41, 5.74) is -0.765. The molecule has 20 heavy (non-hydrogen) atoms. The summed E-state index contributed by atoms with van der Waals surface area (Å²) >= 11 is 0. The van der Waals surface area contributed by atoms with Gasteiger partial charge in [0, 0.05) is 18.1 Å². The number of carbonyl (C=O) groups excluding carboxylic acids is 1. The van der Waals surface area contributed by atoms with Crippen molar-refractivity contribution >= 4 is 17.4 Å². The molecule has 1 aromatic carbocycles. The summed E-state index contributed by atoms with van der Waals surface area (Å²) in [5, 5.41) is 4.59. The van der Waals surface area contributed by atoms with Crippen LogP contribution in [0, 0.1) is 0 Å². The molecule has 0 aliphatic heterocycles. The molecule has 0 spiro atoms. The molecule has 2 aromatic rings. The molecule has 1 heterocycles. The van der Waals surface area contributed by atoms with Gasteiger partial charge in [-0.2, -0.15) is 13.2 Å². The van der Waals surface area contributed by atoms with Gasteiger partial charge in [0.05, 0.1) is 11.3 Å². The van der Waals surface area contributed by atoms with E-state index in [1.54, 1.807) is 0 Å². The second kappa shape index (κ2) is 5.60. The third-order valence-corrected chi connectivity index (χ3v) is 2.42. The van der Waals surface area contributed by atoms with Gasteiger partial charge in [-0.3, -0.25) is 4.98 Å². The first kappa shape index (κ1) is 13.9. The molecule has 1 aromatic heterocycles. The van der Waals surface area contributed by atoms with Crippen molar-refractivity contribution in [2.75, 3.05) is 10.6 Å². The Morgan fingerprint density at radius 3 is 2.30 bits per heavy atom. The van der Waals surface area contributed by atoms with Crippen molar-refractivity contribution < 1.29 is 18.0 Å². The maximum Gasteiger partial charge on any atom is 0.418 e. The van der Waals surface area contributed by atoms with E-state index < -0.39 is 17.8 Å². The number of carbonyl (C=O) groups is 1. The molecule has 4 nitrogen and oxygen atoms in total. The number of urea groups is 1. The van der Waals surface area contributed by atoms with Crippen molar-refractivity contribution in [3.05, 3.63) is 54.4 Å². The van der Waals surface area contributed by atoms with E-state index in [1.165, 1.54) is 42.7 Å². The predicted molar refractivity (Wildman–Crippen MR) is 68.3 cm³/mol. The fourth-order valence-electron chi connectivity index (χ4n) is 1.56. The van der Waals surface area contributed by atoms with Crippen molar-refractivity contribution in [1.29, 1.82) is 0 Å². The molecule has 0 radical (unpaired) electrons. The average molecular weight is 281 g/mol. The van der Waals surface area contributed by atoms with E-state index in [0.717, 1.165) is 6.07 Å². The fraction of sp³-hybridized carbons (Fsp3) is 0.0769. The van der Waals surface area contributed by atoms with Crippen molar-refractivity contribution in [3.8, 4) is 0 Å².